The second-order valence-electron chi connectivity index (χ2n) is 3.34. The third-order valence-corrected chi connectivity index (χ3v) is 2.11. The molecule has 1 aromatic carbocycles. The highest BCUT2D eigenvalue weighted by molar-refractivity contribution is 5.35. The molecule has 7 heteroatoms. The second kappa shape index (κ2) is 4.87. The molecule has 0 amide bonds. The number of hydrogen-bond acceptors (Lipinski definition) is 2. The third kappa shape index (κ3) is 3.29. The summed E-state index contributed by atoms with van der Waals surface area (Å²) in [6.07, 6.45) is -8.37. The first kappa shape index (κ1) is 13.7. The predicted molar refractivity (Wildman–Crippen MR) is 48.7 cm³/mol. The second-order valence-corrected chi connectivity index (χ2v) is 3.34. The van der Waals surface area contributed by atoms with Gasteiger partial charge in [-0.25, -0.2) is 8.78 Å². The Hall–Kier alpha value is -1.37. The molecule has 0 fully saturated rings. The van der Waals surface area contributed by atoms with Crippen LogP contribution in [-0.4, -0.2) is 24.5 Å². The zero-order valence-electron chi connectivity index (χ0n) is 8.68. The summed E-state index contributed by atoms with van der Waals surface area (Å²) in [5, 5.41) is 8.82. The van der Waals surface area contributed by atoms with Gasteiger partial charge in [-0.2, -0.15) is 13.2 Å². The van der Waals surface area contributed by atoms with E-state index in [2.05, 4.69) is 4.74 Å². The highest BCUT2D eigenvalue weighted by Gasteiger charge is 2.38. The number of halogens is 5. The molecular formula is C10H9F5O2. The topological polar surface area (TPSA) is 29.5 Å². The standard InChI is InChI=1S/C10H9F5O2/c1-17-8-4-7(12)6(11)2-5(8)3-9(16)10(13,14)15/h2,4,9,16H,3H2,1H3. The molecule has 1 rings (SSSR count). The molecule has 96 valence electrons. The molecule has 0 bridgehead atoms. The van der Waals surface area contributed by atoms with Crippen LogP contribution in [0.4, 0.5) is 22.0 Å². The van der Waals surface area contributed by atoms with Crippen molar-refractivity contribution in [2.24, 2.45) is 0 Å². The Morgan fingerprint density at radius 3 is 2.24 bits per heavy atom. The van der Waals surface area contributed by atoms with E-state index in [-0.39, 0.29) is 11.3 Å². The number of aliphatic hydroxyl groups is 1. The Balaban J connectivity index is 3.02. The van der Waals surface area contributed by atoms with Crippen molar-refractivity contribution in [2.75, 3.05) is 7.11 Å². The first-order valence-corrected chi connectivity index (χ1v) is 4.52. The number of rotatable bonds is 3. The van der Waals surface area contributed by atoms with E-state index in [1.54, 1.807) is 0 Å². The van der Waals surface area contributed by atoms with Crippen LogP contribution in [0, 0.1) is 11.6 Å². The van der Waals surface area contributed by atoms with Gasteiger partial charge >= 0.3 is 6.18 Å². The lowest BCUT2D eigenvalue weighted by molar-refractivity contribution is -0.203. The fraction of sp³-hybridized carbons (Fsp3) is 0.400. The molecule has 0 aliphatic heterocycles. The summed E-state index contributed by atoms with van der Waals surface area (Å²) in [5.41, 5.74) is -0.253. The molecule has 1 atom stereocenters. The molecule has 1 aromatic rings. The summed E-state index contributed by atoms with van der Waals surface area (Å²) in [5.74, 6) is -2.77. The lowest BCUT2D eigenvalue weighted by atomic mass is 10.1. The van der Waals surface area contributed by atoms with Crippen LogP contribution in [0.1, 0.15) is 5.56 Å². The lowest BCUT2D eigenvalue weighted by Crippen LogP contribution is -2.30. The SMILES string of the molecule is COc1cc(F)c(F)cc1CC(O)C(F)(F)F. The molecule has 2 nitrogen and oxygen atoms in total. The minimum atomic E-state index is -4.82. The van der Waals surface area contributed by atoms with Crippen molar-refractivity contribution in [3.05, 3.63) is 29.3 Å². The number of hydrogen-bond donors (Lipinski definition) is 1. The molecule has 17 heavy (non-hydrogen) atoms. The number of alkyl halides is 3. The number of methoxy groups -OCH3 is 1. The van der Waals surface area contributed by atoms with Crippen LogP contribution in [0.3, 0.4) is 0 Å². The quantitative estimate of drug-likeness (QED) is 0.842. The van der Waals surface area contributed by atoms with Crippen molar-refractivity contribution in [3.8, 4) is 5.75 Å². The fourth-order valence-corrected chi connectivity index (χ4v) is 1.24. The van der Waals surface area contributed by atoms with Gasteiger partial charge in [0.1, 0.15) is 5.75 Å². The maximum absolute atomic E-state index is 12.8. The van der Waals surface area contributed by atoms with Crippen molar-refractivity contribution in [1.82, 2.24) is 0 Å². The molecular weight excluding hydrogens is 247 g/mol. The van der Waals surface area contributed by atoms with Crippen molar-refractivity contribution >= 4 is 0 Å². The highest BCUT2D eigenvalue weighted by Crippen LogP contribution is 2.28. The first-order chi connectivity index (χ1) is 7.75. The van der Waals surface area contributed by atoms with Crippen molar-refractivity contribution in [2.45, 2.75) is 18.7 Å². The van der Waals surface area contributed by atoms with E-state index in [0.717, 1.165) is 7.11 Å². The Bertz CT molecular complexity index is 402. The Kier molecular flexibility index (Phi) is 3.92. The van der Waals surface area contributed by atoms with Crippen LogP contribution >= 0.6 is 0 Å². The van der Waals surface area contributed by atoms with Crippen molar-refractivity contribution in [3.63, 3.8) is 0 Å². The monoisotopic (exact) mass is 256 g/mol. The summed E-state index contributed by atoms with van der Waals surface area (Å²) < 4.78 is 66.5. The van der Waals surface area contributed by atoms with Crippen LogP contribution in [-0.2, 0) is 6.42 Å². The maximum Gasteiger partial charge on any atom is 0.414 e. The van der Waals surface area contributed by atoms with E-state index >= 15 is 0 Å². The van der Waals surface area contributed by atoms with Crippen LogP contribution < -0.4 is 4.74 Å². The molecule has 0 saturated carbocycles. The van der Waals surface area contributed by atoms with E-state index < -0.39 is 30.3 Å². The molecule has 0 spiro atoms. The summed E-state index contributed by atoms with van der Waals surface area (Å²) in [7, 11) is 1.11. The summed E-state index contributed by atoms with van der Waals surface area (Å²) in [4.78, 5) is 0. The van der Waals surface area contributed by atoms with Gasteiger partial charge in [-0.05, 0) is 6.07 Å². The molecule has 0 aromatic heterocycles. The van der Waals surface area contributed by atoms with E-state index in [0.29, 0.717) is 12.1 Å². The van der Waals surface area contributed by atoms with Gasteiger partial charge in [0.15, 0.2) is 17.7 Å². The minimum Gasteiger partial charge on any atom is -0.496 e. The van der Waals surface area contributed by atoms with Crippen LogP contribution in [0.2, 0.25) is 0 Å². The highest BCUT2D eigenvalue weighted by atomic mass is 19.4. The smallest absolute Gasteiger partial charge is 0.414 e. The molecule has 0 heterocycles. The van der Waals surface area contributed by atoms with Gasteiger partial charge in [0.2, 0.25) is 0 Å². The van der Waals surface area contributed by atoms with E-state index in [1.807, 2.05) is 0 Å². The largest absolute Gasteiger partial charge is 0.496 e. The average molecular weight is 256 g/mol. The summed E-state index contributed by atoms with van der Waals surface area (Å²) in [6, 6.07) is 1.21. The molecule has 0 aliphatic rings. The summed E-state index contributed by atoms with van der Waals surface area (Å²) in [6.45, 7) is 0. The Labute approximate surface area is 93.6 Å². The van der Waals surface area contributed by atoms with Crippen molar-refractivity contribution in [1.29, 1.82) is 0 Å². The van der Waals surface area contributed by atoms with Crippen LogP contribution in [0.15, 0.2) is 12.1 Å². The zero-order chi connectivity index (χ0) is 13.2. The van der Waals surface area contributed by atoms with Crippen LogP contribution in [0.5, 0.6) is 5.75 Å². The lowest BCUT2D eigenvalue weighted by Gasteiger charge is -2.16. The number of benzene rings is 1. The molecule has 1 N–H and O–H groups in total. The van der Waals surface area contributed by atoms with E-state index in [9.17, 15) is 22.0 Å². The first-order valence-electron chi connectivity index (χ1n) is 4.52. The fourth-order valence-electron chi connectivity index (χ4n) is 1.24. The minimum absolute atomic E-state index is 0.243. The normalized spacial score (nSPS) is 13.6. The van der Waals surface area contributed by atoms with Gasteiger partial charge < -0.3 is 9.84 Å². The average Bonchev–Trinajstić information content (AvgIpc) is 2.21. The molecule has 0 aliphatic carbocycles. The predicted octanol–water partition coefficient (Wildman–Crippen LogP) is 2.44. The Morgan fingerprint density at radius 2 is 1.76 bits per heavy atom. The van der Waals surface area contributed by atoms with Gasteiger partial charge in [0.25, 0.3) is 0 Å². The third-order valence-electron chi connectivity index (χ3n) is 2.11. The van der Waals surface area contributed by atoms with Crippen molar-refractivity contribution < 1.29 is 31.8 Å². The van der Waals surface area contributed by atoms with Gasteiger partial charge in [-0.3, -0.25) is 0 Å². The Morgan fingerprint density at radius 1 is 1.24 bits per heavy atom. The number of aliphatic hydroxyl groups excluding tert-OH is 1. The van der Waals surface area contributed by atoms with Gasteiger partial charge in [-0.1, -0.05) is 0 Å². The zero-order valence-corrected chi connectivity index (χ0v) is 8.68. The maximum atomic E-state index is 12.8. The molecule has 1 unspecified atom stereocenters. The van der Waals surface area contributed by atoms with Crippen LogP contribution in [0.25, 0.3) is 0 Å². The van der Waals surface area contributed by atoms with Gasteiger partial charge in [0.05, 0.1) is 7.11 Å². The molecule has 0 radical (unpaired) electrons. The number of ether oxygens (including phenoxy) is 1. The van der Waals surface area contributed by atoms with Gasteiger partial charge in [0, 0.05) is 18.1 Å². The summed E-state index contributed by atoms with van der Waals surface area (Å²) >= 11 is 0. The van der Waals surface area contributed by atoms with Gasteiger partial charge in [-0.15, -0.1) is 0 Å². The van der Waals surface area contributed by atoms with E-state index in [1.165, 1.54) is 0 Å². The van der Waals surface area contributed by atoms with E-state index in [4.69, 9.17) is 5.11 Å². The molecule has 0 saturated heterocycles.